The molecule has 0 saturated heterocycles. The Balaban J connectivity index is -0.000000142. The summed E-state index contributed by atoms with van der Waals surface area (Å²) in [4.78, 5) is 45.0. The third kappa shape index (κ3) is 117. The fourth-order valence-corrected chi connectivity index (χ4v) is 9.90. The summed E-state index contributed by atoms with van der Waals surface area (Å²) in [6.45, 7) is 10.6. The van der Waals surface area contributed by atoms with Crippen LogP contribution in [0.2, 0.25) is 0 Å². The molecule has 15 heteroatoms. The molecule has 0 unspecified atom stereocenters. The summed E-state index contributed by atoms with van der Waals surface area (Å²) < 4.78 is 19.8. The monoisotopic (exact) mass is 1610 g/mol. The second kappa shape index (κ2) is 108. The van der Waals surface area contributed by atoms with Crippen LogP contribution in [-0.2, 0) is 88.6 Å². The van der Waals surface area contributed by atoms with E-state index < -0.39 is 0 Å². The van der Waals surface area contributed by atoms with Gasteiger partial charge in [-0.1, -0.05) is 271 Å². The Morgan fingerprint density at radius 1 is 0.237 bits per heavy atom. The van der Waals surface area contributed by atoms with Crippen LogP contribution in [0.15, 0.2) is 48.6 Å². The molecule has 0 aromatic rings. The van der Waals surface area contributed by atoms with E-state index in [0.717, 1.165) is 51.4 Å². The van der Waals surface area contributed by atoms with Gasteiger partial charge in [0.1, 0.15) is 0 Å². The summed E-state index contributed by atoms with van der Waals surface area (Å²) in [6.07, 6.45) is 81.4. The predicted octanol–water partition coefficient (Wildman–Crippen LogP) is 23.5. The first-order valence-corrected chi connectivity index (χ1v) is 39.1. The van der Waals surface area contributed by atoms with Crippen molar-refractivity contribution in [2.24, 2.45) is 0 Å². The maximum atomic E-state index is 11.2. The maximum absolute atomic E-state index is 11.2. The zero-order valence-corrected chi connectivity index (χ0v) is 69.4. The fraction of sp³-hybridized carbons (Fsp3) is 0.846. The summed E-state index contributed by atoms with van der Waals surface area (Å²) in [5.74, 6) is 1.61. The second-order valence-corrected chi connectivity index (χ2v) is 25.3. The zero-order chi connectivity index (χ0) is 65.2. The Morgan fingerprint density at radius 3 is 0.505 bits per heavy atom. The van der Waals surface area contributed by atoms with E-state index in [2.05, 4.69) is 76.3 Å². The molecule has 8 nitrogen and oxygen atoms in total. The van der Waals surface area contributed by atoms with Crippen molar-refractivity contribution in [3.63, 3.8) is 0 Å². The summed E-state index contributed by atoms with van der Waals surface area (Å²) in [6, 6.07) is 0. The van der Waals surface area contributed by atoms with Gasteiger partial charge in [0.15, 0.2) is 0 Å². The molecule has 0 saturated carbocycles. The van der Waals surface area contributed by atoms with Crippen LogP contribution < -0.4 is 0 Å². The Labute approximate surface area is 642 Å². The quantitative estimate of drug-likeness (QED) is 0.0145. The molecule has 93 heavy (non-hydrogen) atoms. The predicted molar refractivity (Wildman–Crippen MR) is 427 cm³/mol. The number of hydrogen-bond acceptors (Lipinski definition) is 12. The van der Waals surface area contributed by atoms with Gasteiger partial charge in [-0.25, -0.2) is 0 Å². The molecule has 0 fully saturated rings. The normalized spacial score (nSPS) is 10.6. The molecule has 4 radical (unpaired) electrons. The summed E-state index contributed by atoms with van der Waals surface area (Å²) >= 11 is 18.9. The molecule has 0 aromatic heterocycles. The topological polar surface area (TPSA) is 105 Å². The van der Waals surface area contributed by atoms with Crippen LogP contribution in [0.4, 0.5) is 0 Å². The molecule has 0 N–H and O–H groups in total. The molecule has 0 rings (SSSR count). The van der Waals surface area contributed by atoms with Crippen LogP contribution >= 0.6 is 13.5 Å². The van der Waals surface area contributed by atoms with Gasteiger partial charge in [-0.3, -0.25) is 19.2 Å². The van der Waals surface area contributed by atoms with Crippen molar-refractivity contribution in [2.75, 3.05) is 49.4 Å². The average Bonchev–Trinajstić information content (AvgIpc) is 3.56. The van der Waals surface area contributed by atoms with Gasteiger partial charge in [-0.2, -0.15) is 13.5 Å². The summed E-state index contributed by atoms with van der Waals surface area (Å²) in [5.41, 5.74) is 0. The van der Waals surface area contributed by atoms with Crippen LogP contribution in [0.5, 0.6) is 0 Å². The van der Waals surface area contributed by atoms with Crippen LogP contribution in [0.25, 0.3) is 0 Å². The fourth-order valence-electron chi connectivity index (χ4n) is 9.56. The number of carbonyl (C=O) groups excluding carboxylic acids is 4. The summed E-state index contributed by atoms with van der Waals surface area (Å²) in [5, 5.41) is 0. The zero-order valence-electron chi connectivity index (χ0n) is 59.4. The number of ether oxygens (including phenoxy) is 4. The Morgan fingerprint density at radius 2 is 0.366 bits per heavy atom. The SMILES string of the molecule is C.C.CCCCCCCC/C=C/CCCCCCC(=O)OCC[S-].CCCCCCCC/C=C/CCCCCCC(=O)OCC[S-].CCCCCCCC/C=C/CCCCCCC(=O)OCC[S-].CCCCCCCC/C=C/CCCCCCC(=O)OCC[S-].S.[Sn+2].[Sn+2]. The van der Waals surface area contributed by atoms with Gasteiger partial charge >= 0.3 is 71.7 Å². The standard InChI is InChI=1S/4C19H36O2S.2CH4.H2S.2Sn/c4*1-2-3-4-5-6-7-8-9-10-11-12-13-14-15-16-19(20)21-17-18-22;;;;;/h4*9-10,22H,2-8,11-18H2,1H3;2*1H4;1H2;;/q;;;;;;;2*+2/p-4/b4*10-9+;;;;;. The molecule has 0 bridgehead atoms. The van der Waals surface area contributed by atoms with Gasteiger partial charge in [0.25, 0.3) is 0 Å². The van der Waals surface area contributed by atoms with E-state index in [0.29, 0.717) is 75.1 Å². The van der Waals surface area contributed by atoms with Gasteiger partial charge < -0.3 is 69.5 Å². The van der Waals surface area contributed by atoms with Crippen molar-refractivity contribution in [3.05, 3.63) is 48.6 Å². The van der Waals surface area contributed by atoms with Crippen molar-refractivity contribution in [2.45, 2.75) is 376 Å². The molecule has 0 aliphatic rings. The second-order valence-electron chi connectivity index (χ2n) is 23.6. The molecule has 0 aromatic carbocycles. The molecule has 0 amide bonds. The molecule has 0 spiro atoms. The molecular formula is C78H150O8S5Sn2. The van der Waals surface area contributed by atoms with E-state index >= 15 is 0 Å². The number of unbranched alkanes of at least 4 members (excludes halogenated alkanes) is 40. The van der Waals surface area contributed by atoms with Crippen molar-refractivity contribution in [1.82, 2.24) is 0 Å². The third-order valence-electron chi connectivity index (χ3n) is 15.0. The Kier molecular flexibility index (Phi) is 130. The van der Waals surface area contributed by atoms with E-state index in [4.69, 9.17) is 69.5 Å². The van der Waals surface area contributed by atoms with Crippen molar-refractivity contribution in [3.8, 4) is 0 Å². The number of rotatable bonds is 64. The summed E-state index contributed by atoms with van der Waals surface area (Å²) in [7, 11) is 0. The first-order chi connectivity index (χ1) is 43.2. The van der Waals surface area contributed by atoms with Crippen molar-refractivity contribution >= 4 is 136 Å². The first-order valence-electron chi connectivity index (χ1n) is 36.8. The molecule has 0 heterocycles. The smallest absolute Gasteiger partial charge is 0.789 e. The number of carbonyl (C=O) groups is 4. The van der Waals surface area contributed by atoms with E-state index in [9.17, 15) is 19.2 Å². The van der Waals surface area contributed by atoms with Crippen molar-refractivity contribution < 1.29 is 38.1 Å². The van der Waals surface area contributed by atoms with Crippen LogP contribution in [0.3, 0.4) is 0 Å². The number of hydrogen-bond donors (Lipinski definition) is 0. The van der Waals surface area contributed by atoms with E-state index in [-0.39, 0.29) is 100 Å². The first kappa shape index (κ1) is 112. The van der Waals surface area contributed by atoms with Crippen molar-refractivity contribution in [1.29, 1.82) is 0 Å². The van der Waals surface area contributed by atoms with E-state index in [1.807, 2.05) is 0 Å². The Bertz CT molecular complexity index is 1290. The minimum atomic E-state index is -0.0938. The van der Waals surface area contributed by atoms with Crippen LogP contribution in [-0.4, -0.2) is 121 Å². The van der Waals surface area contributed by atoms with Gasteiger partial charge in [0.05, 0.1) is 26.4 Å². The van der Waals surface area contributed by atoms with Gasteiger partial charge in [-0.15, -0.1) is 23.0 Å². The van der Waals surface area contributed by atoms with Gasteiger partial charge in [0, 0.05) is 25.7 Å². The van der Waals surface area contributed by atoms with E-state index in [1.54, 1.807) is 0 Å². The molecule has 0 aliphatic carbocycles. The molecule has 0 atom stereocenters. The Hall–Kier alpha value is 0.187. The third-order valence-corrected chi connectivity index (χ3v) is 15.6. The van der Waals surface area contributed by atoms with Crippen LogP contribution in [0.1, 0.15) is 376 Å². The minimum absolute atomic E-state index is 0. The van der Waals surface area contributed by atoms with Gasteiger partial charge in [-0.05, 0) is 128 Å². The van der Waals surface area contributed by atoms with E-state index in [1.165, 1.54) is 257 Å². The van der Waals surface area contributed by atoms with Crippen LogP contribution in [0, 0.1) is 0 Å². The van der Waals surface area contributed by atoms with Gasteiger partial charge in [0.2, 0.25) is 0 Å². The maximum Gasteiger partial charge on any atom is 2.00 e. The largest absolute Gasteiger partial charge is 2.00 e. The number of allylic oxidation sites excluding steroid dienone is 8. The number of esters is 4. The molecular weight excluding hydrogens is 1460 g/mol. The molecule has 0 aliphatic heterocycles. The average molecular weight is 1610 g/mol. The molecule has 548 valence electrons. The minimum Gasteiger partial charge on any atom is -0.789 e.